The Morgan fingerprint density at radius 2 is 1.85 bits per heavy atom. The average Bonchev–Trinajstić information content (AvgIpc) is 3.46. The summed E-state index contributed by atoms with van der Waals surface area (Å²) < 4.78 is 40.3. The molecule has 0 radical (unpaired) electrons. The van der Waals surface area contributed by atoms with E-state index in [1.54, 1.807) is 6.07 Å². The molecular weight excluding hydrogens is 393 g/mol. The highest BCUT2D eigenvalue weighted by molar-refractivity contribution is 7.92. The van der Waals surface area contributed by atoms with Crippen LogP contribution >= 0.6 is 12.4 Å². The Balaban J connectivity index is 0.00000261. The molecule has 146 valence electrons. The van der Waals surface area contributed by atoms with Crippen LogP contribution in [0.15, 0.2) is 53.4 Å². The van der Waals surface area contributed by atoms with E-state index in [1.807, 2.05) is 0 Å². The van der Waals surface area contributed by atoms with Crippen LogP contribution in [0, 0.1) is 11.7 Å². The molecule has 1 fully saturated rings. The highest BCUT2D eigenvalue weighted by atomic mass is 35.5. The van der Waals surface area contributed by atoms with Gasteiger partial charge in [-0.1, -0.05) is 6.07 Å². The third-order valence-electron chi connectivity index (χ3n) is 4.26. The normalized spacial score (nSPS) is 14.7. The Kier molecular flexibility index (Phi) is 6.80. The average molecular weight is 414 g/mol. The summed E-state index contributed by atoms with van der Waals surface area (Å²) in [5, 5.41) is 2.86. The minimum absolute atomic E-state index is 0. The SMILES string of the molecule is Cl.NCC(NC(=O)c1cccc(S(=O)(=O)Nc2ccc(F)cc2)c1)C1CC1. The minimum Gasteiger partial charge on any atom is -0.348 e. The molecule has 0 aliphatic heterocycles. The summed E-state index contributed by atoms with van der Waals surface area (Å²) in [5.41, 5.74) is 6.16. The Labute approximate surface area is 163 Å². The first-order chi connectivity index (χ1) is 12.4. The maximum atomic E-state index is 12.9. The van der Waals surface area contributed by atoms with Crippen LogP contribution in [0.25, 0.3) is 0 Å². The molecule has 2 aromatic rings. The molecule has 9 heteroatoms. The van der Waals surface area contributed by atoms with Gasteiger partial charge in [0.15, 0.2) is 0 Å². The van der Waals surface area contributed by atoms with Gasteiger partial charge in [0.1, 0.15) is 5.82 Å². The van der Waals surface area contributed by atoms with Gasteiger partial charge in [-0.3, -0.25) is 9.52 Å². The summed E-state index contributed by atoms with van der Waals surface area (Å²) >= 11 is 0. The number of anilines is 1. The molecule has 0 saturated heterocycles. The number of hydrogen-bond acceptors (Lipinski definition) is 4. The molecule has 2 aromatic carbocycles. The molecule has 4 N–H and O–H groups in total. The van der Waals surface area contributed by atoms with Gasteiger partial charge in [0.2, 0.25) is 0 Å². The van der Waals surface area contributed by atoms with Crippen molar-refractivity contribution >= 4 is 34.0 Å². The van der Waals surface area contributed by atoms with Gasteiger partial charge >= 0.3 is 0 Å². The smallest absolute Gasteiger partial charge is 0.261 e. The highest BCUT2D eigenvalue weighted by Crippen LogP contribution is 2.32. The lowest BCUT2D eigenvalue weighted by Crippen LogP contribution is -2.41. The molecule has 3 rings (SSSR count). The number of sulfonamides is 1. The Morgan fingerprint density at radius 1 is 1.19 bits per heavy atom. The van der Waals surface area contributed by atoms with Gasteiger partial charge < -0.3 is 11.1 Å². The number of nitrogens with one attached hydrogen (secondary N) is 2. The molecule has 1 aliphatic carbocycles. The highest BCUT2D eigenvalue weighted by Gasteiger charge is 2.31. The molecule has 0 bridgehead atoms. The van der Waals surface area contributed by atoms with E-state index in [9.17, 15) is 17.6 Å². The summed E-state index contributed by atoms with van der Waals surface area (Å²) in [6.45, 7) is 0.348. The van der Waals surface area contributed by atoms with Crippen LogP contribution in [0.4, 0.5) is 10.1 Å². The molecule has 0 heterocycles. The Hall–Kier alpha value is -2.16. The van der Waals surface area contributed by atoms with Crippen LogP contribution in [0.3, 0.4) is 0 Å². The van der Waals surface area contributed by atoms with Crippen LogP contribution in [0.1, 0.15) is 23.2 Å². The molecule has 27 heavy (non-hydrogen) atoms. The zero-order valence-corrected chi connectivity index (χ0v) is 16.0. The largest absolute Gasteiger partial charge is 0.348 e. The Morgan fingerprint density at radius 3 is 2.44 bits per heavy atom. The fourth-order valence-electron chi connectivity index (χ4n) is 2.66. The molecule has 6 nitrogen and oxygen atoms in total. The van der Waals surface area contributed by atoms with E-state index in [1.165, 1.54) is 30.3 Å². The van der Waals surface area contributed by atoms with Crippen LogP contribution in [-0.4, -0.2) is 26.9 Å². The number of carbonyl (C=O) groups is 1. The fourth-order valence-corrected chi connectivity index (χ4v) is 3.76. The molecule has 1 atom stereocenters. The van der Waals surface area contributed by atoms with Crippen molar-refractivity contribution < 1.29 is 17.6 Å². The van der Waals surface area contributed by atoms with Crippen molar-refractivity contribution in [2.75, 3.05) is 11.3 Å². The monoisotopic (exact) mass is 413 g/mol. The first-order valence-electron chi connectivity index (χ1n) is 8.28. The van der Waals surface area contributed by atoms with Crippen molar-refractivity contribution in [3.8, 4) is 0 Å². The molecular formula is C18H21ClFN3O3S. The van der Waals surface area contributed by atoms with E-state index in [4.69, 9.17) is 5.73 Å². The first kappa shape index (κ1) is 21.1. The lowest BCUT2D eigenvalue weighted by Gasteiger charge is -2.16. The maximum Gasteiger partial charge on any atom is 0.261 e. The van der Waals surface area contributed by atoms with E-state index in [-0.39, 0.29) is 40.5 Å². The predicted octanol–water partition coefficient (Wildman–Crippen LogP) is 2.52. The topological polar surface area (TPSA) is 101 Å². The van der Waals surface area contributed by atoms with Crippen molar-refractivity contribution in [1.82, 2.24) is 5.32 Å². The predicted molar refractivity (Wildman–Crippen MR) is 104 cm³/mol. The summed E-state index contributed by atoms with van der Waals surface area (Å²) in [4.78, 5) is 12.3. The lowest BCUT2D eigenvalue weighted by atomic mass is 10.1. The standard InChI is InChI=1S/C18H20FN3O3S.ClH/c19-14-6-8-15(9-7-14)22-26(24,25)16-3-1-2-13(10-16)18(23)21-17(11-20)12-4-5-12;/h1-3,6-10,12,17,22H,4-5,11,20H2,(H,21,23);1H. The molecule has 1 amide bonds. The summed E-state index contributed by atoms with van der Waals surface area (Å²) in [6.07, 6.45) is 2.08. The van der Waals surface area contributed by atoms with Gasteiger partial charge in [-0.2, -0.15) is 0 Å². The van der Waals surface area contributed by atoms with Crippen LogP contribution in [0.2, 0.25) is 0 Å². The third kappa shape index (κ3) is 5.41. The first-order valence-corrected chi connectivity index (χ1v) is 9.77. The molecule has 1 unspecified atom stereocenters. The minimum atomic E-state index is -3.90. The van der Waals surface area contributed by atoms with E-state index in [2.05, 4.69) is 10.0 Å². The van der Waals surface area contributed by atoms with Crippen molar-refractivity contribution in [1.29, 1.82) is 0 Å². The molecule has 1 aliphatic rings. The zero-order chi connectivity index (χ0) is 18.7. The van der Waals surface area contributed by atoms with E-state index < -0.39 is 15.8 Å². The second kappa shape index (κ2) is 8.69. The van der Waals surface area contributed by atoms with Crippen molar-refractivity contribution in [2.45, 2.75) is 23.8 Å². The van der Waals surface area contributed by atoms with E-state index >= 15 is 0 Å². The fraction of sp³-hybridized carbons (Fsp3) is 0.278. The Bertz CT molecular complexity index is 902. The van der Waals surface area contributed by atoms with Gasteiger partial charge in [-0.05, 0) is 61.2 Å². The number of hydrogen-bond donors (Lipinski definition) is 3. The van der Waals surface area contributed by atoms with Gasteiger partial charge in [0.05, 0.1) is 4.90 Å². The van der Waals surface area contributed by atoms with Crippen LogP contribution < -0.4 is 15.8 Å². The number of benzene rings is 2. The van der Waals surface area contributed by atoms with Gasteiger partial charge in [0, 0.05) is 23.8 Å². The summed E-state index contributed by atoms with van der Waals surface area (Å²) in [7, 11) is -3.90. The molecule has 0 spiro atoms. The number of halogens is 2. The zero-order valence-electron chi connectivity index (χ0n) is 14.4. The van der Waals surface area contributed by atoms with Gasteiger partial charge in [-0.15, -0.1) is 12.4 Å². The van der Waals surface area contributed by atoms with E-state index in [0.29, 0.717) is 12.5 Å². The second-order valence-corrected chi connectivity index (χ2v) is 7.98. The third-order valence-corrected chi connectivity index (χ3v) is 5.64. The van der Waals surface area contributed by atoms with Crippen molar-refractivity contribution in [3.63, 3.8) is 0 Å². The second-order valence-electron chi connectivity index (χ2n) is 6.29. The van der Waals surface area contributed by atoms with E-state index in [0.717, 1.165) is 25.0 Å². The molecule has 1 saturated carbocycles. The number of nitrogens with two attached hydrogens (primary N) is 1. The summed E-state index contributed by atoms with van der Waals surface area (Å²) in [6, 6.07) is 10.6. The van der Waals surface area contributed by atoms with Gasteiger partial charge in [0.25, 0.3) is 15.9 Å². The lowest BCUT2D eigenvalue weighted by molar-refractivity contribution is 0.0933. The van der Waals surface area contributed by atoms with Crippen LogP contribution in [-0.2, 0) is 10.0 Å². The van der Waals surface area contributed by atoms with Gasteiger partial charge in [-0.25, -0.2) is 12.8 Å². The van der Waals surface area contributed by atoms with Crippen LogP contribution in [0.5, 0.6) is 0 Å². The number of carbonyl (C=O) groups excluding carboxylic acids is 1. The maximum absolute atomic E-state index is 12.9. The van der Waals surface area contributed by atoms with Crippen molar-refractivity contribution in [3.05, 3.63) is 59.9 Å². The van der Waals surface area contributed by atoms with Crippen molar-refractivity contribution in [2.24, 2.45) is 11.7 Å². The molecule has 0 aromatic heterocycles. The number of rotatable bonds is 7. The summed E-state index contributed by atoms with van der Waals surface area (Å²) in [5.74, 6) is -0.418. The number of amides is 1. The quantitative estimate of drug-likeness (QED) is 0.649.